The second kappa shape index (κ2) is 4.24. The highest BCUT2D eigenvalue weighted by Gasteiger charge is 2.14. The summed E-state index contributed by atoms with van der Waals surface area (Å²) in [5.74, 6) is -0.632. The third-order valence-electron chi connectivity index (χ3n) is 1.62. The molecule has 1 aromatic rings. The molecule has 0 aliphatic heterocycles. The van der Waals surface area contributed by atoms with Gasteiger partial charge in [0, 0.05) is 10.6 Å². The van der Waals surface area contributed by atoms with Crippen molar-refractivity contribution in [2.45, 2.75) is 6.04 Å². The van der Waals surface area contributed by atoms with E-state index >= 15 is 0 Å². The number of hydrogen-bond acceptors (Lipinski definition) is 2. The first-order valence-electron chi connectivity index (χ1n) is 3.57. The van der Waals surface area contributed by atoms with Crippen LogP contribution in [-0.2, 0) is 0 Å². The van der Waals surface area contributed by atoms with E-state index in [0.29, 0.717) is 5.02 Å². The normalized spacial score (nSPS) is 13.0. The number of benzene rings is 1. The smallest absolute Gasteiger partial charge is 0.146 e. The molecule has 0 aliphatic rings. The molecule has 1 aromatic carbocycles. The Kier molecular flexibility index (Phi) is 3.50. The van der Waals surface area contributed by atoms with E-state index < -0.39 is 11.9 Å². The molecule has 0 radical (unpaired) electrons. The molecule has 5 heteroatoms. The van der Waals surface area contributed by atoms with Gasteiger partial charge in [-0.3, -0.25) is 0 Å². The predicted molar refractivity (Wildman–Crippen MR) is 50.4 cm³/mol. The molecule has 2 nitrogen and oxygen atoms in total. The van der Waals surface area contributed by atoms with Gasteiger partial charge in [-0.05, 0) is 12.1 Å². The van der Waals surface area contributed by atoms with Gasteiger partial charge in [-0.25, -0.2) is 4.39 Å². The van der Waals surface area contributed by atoms with Crippen LogP contribution in [0.5, 0.6) is 0 Å². The molecule has 72 valence electrons. The lowest BCUT2D eigenvalue weighted by atomic mass is 10.1. The molecule has 1 atom stereocenters. The van der Waals surface area contributed by atoms with Gasteiger partial charge >= 0.3 is 0 Å². The van der Waals surface area contributed by atoms with Crippen molar-refractivity contribution < 1.29 is 9.50 Å². The highest BCUT2D eigenvalue weighted by Crippen LogP contribution is 2.26. The van der Waals surface area contributed by atoms with E-state index in [2.05, 4.69) is 0 Å². The molecule has 0 saturated carbocycles. The van der Waals surface area contributed by atoms with Gasteiger partial charge in [-0.2, -0.15) is 0 Å². The van der Waals surface area contributed by atoms with Crippen molar-refractivity contribution in [2.75, 3.05) is 6.61 Å². The molecular formula is C8H8Cl2FNO. The predicted octanol–water partition coefficient (Wildman–Crippen LogP) is 2.12. The molecule has 3 N–H and O–H groups in total. The molecule has 1 rings (SSSR count). The van der Waals surface area contributed by atoms with Crippen molar-refractivity contribution in [1.82, 2.24) is 0 Å². The van der Waals surface area contributed by atoms with E-state index in [1.807, 2.05) is 0 Å². The summed E-state index contributed by atoms with van der Waals surface area (Å²) in [7, 11) is 0. The Hall–Kier alpha value is -0.350. The lowest BCUT2D eigenvalue weighted by molar-refractivity contribution is 0.265. The van der Waals surface area contributed by atoms with Crippen molar-refractivity contribution in [1.29, 1.82) is 0 Å². The fraction of sp³-hybridized carbons (Fsp3) is 0.250. The van der Waals surface area contributed by atoms with Crippen molar-refractivity contribution >= 4 is 23.2 Å². The highest BCUT2D eigenvalue weighted by atomic mass is 35.5. The maximum atomic E-state index is 13.2. The molecule has 0 fully saturated rings. The summed E-state index contributed by atoms with van der Waals surface area (Å²) in [5.41, 5.74) is 5.55. The number of hydrogen-bond donors (Lipinski definition) is 2. The minimum atomic E-state index is -0.795. The Balaban J connectivity index is 3.20. The quantitative estimate of drug-likeness (QED) is 0.755. The van der Waals surface area contributed by atoms with E-state index in [1.165, 1.54) is 12.1 Å². The lowest BCUT2D eigenvalue weighted by Gasteiger charge is -2.10. The lowest BCUT2D eigenvalue weighted by Crippen LogP contribution is -2.16. The van der Waals surface area contributed by atoms with Crippen molar-refractivity contribution in [3.63, 3.8) is 0 Å². The minimum absolute atomic E-state index is 0.0913. The Bertz CT molecular complexity index is 319. The molecule has 0 heterocycles. The monoisotopic (exact) mass is 223 g/mol. The third-order valence-corrected chi connectivity index (χ3v) is 2.11. The summed E-state index contributed by atoms with van der Waals surface area (Å²) >= 11 is 11.2. The first kappa shape index (κ1) is 10.7. The van der Waals surface area contributed by atoms with Gasteiger partial charge in [0.05, 0.1) is 17.7 Å². The Labute approximate surface area is 85.1 Å². The van der Waals surface area contributed by atoms with Gasteiger partial charge < -0.3 is 10.8 Å². The van der Waals surface area contributed by atoms with Gasteiger partial charge in [0.2, 0.25) is 0 Å². The van der Waals surface area contributed by atoms with E-state index in [9.17, 15) is 4.39 Å². The Morgan fingerprint density at radius 3 is 2.62 bits per heavy atom. The average molecular weight is 224 g/mol. The van der Waals surface area contributed by atoms with Crippen molar-refractivity contribution in [3.05, 3.63) is 33.6 Å². The van der Waals surface area contributed by atoms with Gasteiger partial charge in [0.25, 0.3) is 0 Å². The van der Waals surface area contributed by atoms with Crippen molar-refractivity contribution in [2.24, 2.45) is 5.73 Å². The molecule has 0 saturated heterocycles. The number of nitrogens with two attached hydrogens (primary N) is 1. The molecule has 0 bridgehead atoms. The van der Waals surface area contributed by atoms with Gasteiger partial charge in [-0.1, -0.05) is 23.2 Å². The average Bonchev–Trinajstić information content (AvgIpc) is 2.10. The maximum Gasteiger partial charge on any atom is 0.146 e. The summed E-state index contributed by atoms with van der Waals surface area (Å²) in [6.45, 7) is -0.354. The van der Waals surface area contributed by atoms with Gasteiger partial charge in [-0.15, -0.1) is 0 Å². The van der Waals surface area contributed by atoms with E-state index in [0.717, 1.165) is 0 Å². The minimum Gasteiger partial charge on any atom is -0.394 e. The molecule has 0 spiro atoms. The molecule has 0 aliphatic carbocycles. The van der Waals surface area contributed by atoms with Crippen LogP contribution in [0.3, 0.4) is 0 Å². The number of halogens is 3. The zero-order valence-electron chi connectivity index (χ0n) is 6.60. The van der Waals surface area contributed by atoms with E-state index in [-0.39, 0.29) is 17.2 Å². The molecule has 13 heavy (non-hydrogen) atoms. The number of aliphatic hydroxyl groups is 1. The zero-order valence-corrected chi connectivity index (χ0v) is 8.11. The summed E-state index contributed by atoms with van der Waals surface area (Å²) in [4.78, 5) is 0. The zero-order chi connectivity index (χ0) is 10.0. The summed E-state index contributed by atoms with van der Waals surface area (Å²) in [6.07, 6.45) is 0. The molecule has 0 unspecified atom stereocenters. The first-order chi connectivity index (χ1) is 6.06. The highest BCUT2D eigenvalue weighted by molar-refractivity contribution is 6.34. The van der Waals surface area contributed by atoms with Crippen LogP contribution in [0.1, 0.15) is 11.6 Å². The fourth-order valence-corrected chi connectivity index (χ4v) is 1.45. The SMILES string of the molecule is N[C@@H](CO)c1cc(Cl)cc(Cl)c1F. The standard InChI is InChI=1S/C8H8Cl2FNO/c9-4-1-5(7(12)3-13)8(11)6(10)2-4/h1-2,7,13H,3,12H2/t7-/m0/s1. The van der Waals surface area contributed by atoms with Crippen LogP contribution >= 0.6 is 23.2 Å². The largest absolute Gasteiger partial charge is 0.394 e. The van der Waals surface area contributed by atoms with Crippen molar-refractivity contribution in [3.8, 4) is 0 Å². The van der Waals surface area contributed by atoms with Crippen LogP contribution in [0.4, 0.5) is 4.39 Å². The Morgan fingerprint density at radius 1 is 1.46 bits per heavy atom. The number of aliphatic hydroxyl groups excluding tert-OH is 1. The van der Waals surface area contributed by atoms with Crippen LogP contribution in [0, 0.1) is 5.82 Å². The molecular weight excluding hydrogens is 216 g/mol. The fourth-order valence-electron chi connectivity index (χ4n) is 0.944. The summed E-state index contributed by atoms with van der Waals surface area (Å²) < 4.78 is 13.2. The van der Waals surface area contributed by atoms with Gasteiger partial charge in [0.15, 0.2) is 0 Å². The van der Waals surface area contributed by atoms with E-state index in [4.69, 9.17) is 34.0 Å². The van der Waals surface area contributed by atoms with Crippen LogP contribution in [-0.4, -0.2) is 11.7 Å². The Morgan fingerprint density at radius 2 is 2.08 bits per heavy atom. The van der Waals surface area contributed by atoms with Gasteiger partial charge in [0.1, 0.15) is 5.82 Å². The second-order valence-electron chi connectivity index (χ2n) is 2.58. The van der Waals surface area contributed by atoms with Crippen LogP contribution < -0.4 is 5.73 Å². The van der Waals surface area contributed by atoms with Crippen LogP contribution in [0.25, 0.3) is 0 Å². The second-order valence-corrected chi connectivity index (χ2v) is 3.42. The molecule has 0 aromatic heterocycles. The summed E-state index contributed by atoms with van der Waals surface area (Å²) in [5, 5.41) is 8.92. The summed E-state index contributed by atoms with van der Waals surface area (Å²) in [6, 6.07) is 1.84. The topological polar surface area (TPSA) is 46.2 Å². The van der Waals surface area contributed by atoms with Crippen LogP contribution in [0.2, 0.25) is 10.0 Å². The third kappa shape index (κ3) is 2.31. The first-order valence-corrected chi connectivity index (χ1v) is 4.32. The molecule has 0 amide bonds. The maximum absolute atomic E-state index is 13.2. The number of rotatable bonds is 2. The van der Waals surface area contributed by atoms with E-state index in [1.54, 1.807) is 0 Å². The van der Waals surface area contributed by atoms with Crippen LogP contribution in [0.15, 0.2) is 12.1 Å².